The monoisotopic (exact) mass is 338 g/mol. The standard InChI is InChI=1S/C18H26N2O2.ClH/c1-11(2)10-22-15-5-3-4-14(9-15)20-18(21)16-12-6-7-13(8-12)17(16)19;/h3-5,9,11-13,16-17H,6-8,10,19H2,1-2H3,(H,20,21);1H. The van der Waals surface area contributed by atoms with E-state index in [9.17, 15) is 4.79 Å². The third-order valence-electron chi connectivity index (χ3n) is 4.97. The van der Waals surface area contributed by atoms with Crippen molar-refractivity contribution in [3.63, 3.8) is 0 Å². The molecule has 0 spiro atoms. The maximum atomic E-state index is 12.6. The van der Waals surface area contributed by atoms with Crippen molar-refractivity contribution in [3.05, 3.63) is 24.3 Å². The fourth-order valence-corrected chi connectivity index (χ4v) is 3.88. The summed E-state index contributed by atoms with van der Waals surface area (Å²) in [4.78, 5) is 12.6. The van der Waals surface area contributed by atoms with E-state index in [1.165, 1.54) is 6.42 Å². The quantitative estimate of drug-likeness (QED) is 0.864. The first kappa shape index (κ1) is 18.1. The van der Waals surface area contributed by atoms with E-state index in [4.69, 9.17) is 10.5 Å². The minimum absolute atomic E-state index is 0. The molecule has 2 bridgehead atoms. The molecule has 128 valence electrons. The maximum absolute atomic E-state index is 12.6. The Bertz CT molecular complexity index is 548. The van der Waals surface area contributed by atoms with Crippen LogP contribution in [0.15, 0.2) is 24.3 Å². The summed E-state index contributed by atoms with van der Waals surface area (Å²) >= 11 is 0. The predicted molar refractivity (Wildman–Crippen MR) is 94.9 cm³/mol. The van der Waals surface area contributed by atoms with E-state index in [-0.39, 0.29) is 30.3 Å². The van der Waals surface area contributed by atoms with Gasteiger partial charge in [-0.2, -0.15) is 0 Å². The Labute approximate surface area is 144 Å². The van der Waals surface area contributed by atoms with Gasteiger partial charge in [0.25, 0.3) is 0 Å². The molecular formula is C18H27ClN2O2. The van der Waals surface area contributed by atoms with Crippen LogP contribution in [0.4, 0.5) is 5.69 Å². The van der Waals surface area contributed by atoms with Gasteiger partial charge in [-0.15, -0.1) is 12.4 Å². The Balaban J connectivity index is 0.00000192. The molecule has 3 rings (SSSR count). The number of amides is 1. The lowest BCUT2D eigenvalue weighted by molar-refractivity contribution is -0.121. The fourth-order valence-electron chi connectivity index (χ4n) is 3.88. The lowest BCUT2D eigenvalue weighted by Gasteiger charge is -2.27. The van der Waals surface area contributed by atoms with Gasteiger partial charge in [0.05, 0.1) is 12.5 Å². The van der Waals surface area contributed by atoms with Crippen LogP contribution in [0, 0.1) is 23.7 Å². The highest BCUT2D eigenvalue weighted by molar-refractivity contribution is 5.93. The Morgan fingerprint density at radius 1 is 1.35 bits per heavy atom. The number of ether oxygens (including phenoxy) is 1. The Hall–Kier alpha value is -1.26. The van der Waals surface area contributed by atoms with Gasteiger partial charge in [-0.3, -0.25) is 4.79 Å². The number of carbonyl (C=O) groups excluding carboxylic acids is 1. The second-order valence-corrected chi connectivity index (χ2v) is 7.16. The van der Waals surface area contributed by atoms with Crippen molar-refractivity contribution >= 4 is 24.0 Å². The zero-order chi connectivity index (χ0) is 15.7. The molecule has 0 heterocycles. The lowest BCUT2D eigenvalue weighted by Crippen LogP contribution is -2.42. The van der Waals surface area contributed by atoms with E-state index < -0.39 is 0 Å². The molecule has 23 heavy (non-hydrogen) atoms. The zero-order valence-electron chi connectivity index (χ0n) is 13.8. The molecule has 1 aromatic rings. The van der Waals surface area contributed by atoms with Gasteiger partial charge in [-0.25, -0.2) is 0 Å². The van der Waals surface area contributed by atoms with Crippen LogP contribution in [0.2, 0.25) is 0 Å². The molecule has 0 aliphatic heterocycles. The van der Waals surface area contributed by atoms with Crippen LogP contribution in [0.5, 0.6) is 5.75 Å². The first-order valence-corrected chi connectivity index (χ1v) is 8.34. The van der Waals surface area contributed by atoms with E-state index in [0.717, 1.165) is 24.3 Å². The largest absolute Gasteiger partial charge is 0.493 e. The number of nitrogens with two attached hydrogens (primary N) is 1. The molecule has 2 saturated carbocycles. The van der Waals surface area contributed by atoms with Crippen LogP contribution < -0.4 is 15.8 Å². The molecule has 0 aromatic heterocycles. The highest BCUT2D eigenvalue weighted by Gasteiger charge is 2.49. The molecule has 0 radical (unpaired) electrons. The highest BCUT2D eigenvalue weighted by Crippen LogP contribution is 2.47. The van der Waals surface area contributed by atoms with E-state index in [2.05, 4.69) is 19.2 Å². The minimum atomic E-state index is -0.0287. The van der Waals surface area contributed by atoms with Crippen LogP contribution in [0.1, 0.15) is 33.1 Å². The molecule has 2 fully saturated rings. The Morgan fingerprint density at radius 2 is 2.09 bits per heavy atom. The van der Waals surface area contributed by atoms with Gasteiger partial charge in [0, 0.05) is 17.8 Å². The number of benzene rings is 1. The normalized spacial score (nSPS) is 28.5. The molecule has 4 nitrogen and oxygen atoms in total. The number of fused-ring (bicyclic) bond motifs is 2. The molecule has 3 N–H and O–H groups in total. The van der Waals surface area contributed by atoms with Gasteiger partial charge < -0.3 is 15.8 Å². The average Bonchev–Trinajstić information content (AvgIpc) is 3.06. The molecular weight excluding hydrogens is 312 g/mol. The minimum Gasteiger partial charge on any atom is -0.493 e. The zero-order valence-corrected chi connectivity index (χ0v) is 14.6. The Kier molecular flexibility index (Phi) is 5.93. The smallest absolute Gasteiger partial charge is 0.229 e. The van der Waals surface area contributed by atoms with E-state index in [1.807, 2.05) is 24.3 Å². The summed E-state index contributed by atoms with van der Waals surface area (Å²) in [5.74, 6) is 2.33. The number of hydrogen-bond donors (Lipinski definition) is 2. The van der Waals surface area contributed by atoms with Crippen LogP contribution >= 0.6 is 12.4 Å². The van der Waals surface area contributed by atoms with Crippen LogP contribution in [0.25, 0.3) is 0 Å². The molecule has 1 amide bonds. The van der Waals surface area contributed by atoms with E-state index >= 15 is 0 Å². The fraction of sp³-hybridized carbons (Fsp3) is 0.611. The molecule has 1 aromatic carbocycles. The van der Waals surface area contributed by atoms with Gasteiger partial charge >= 0.3 is 0 Å². The van der Waals surface area contributed by atoms with Crippen molar-refractivity contribution < 1.29 is 9.53 Å². The van der Waals surface area contributed by atoms with Crippen molar-refractivity contribution in [3.8, 4) is 5.75 Å². The van der Waals surface area contributed by atoms with Gasteiger partial charge in [0.2, 0.25) is 5.91 Å². The second-order valence-electron chi connectivity index (χ2n) is 7.16. The maximum Gasteiger partial charge on any atom is 0.229 e. The predicted octanol–water partition coefficient (Wildman–Crippen LogP) is 3.46. The average molecular weight is 339 g/mol. The number of hydrogen-bond acceptors (Lipinski definition) is 3. The van der Waals surface area contributed by atoms with Crippen LogP contribution in [-0.4, -0.2) is 18.6 Å². The summed E-state index contributed by atoms with van der Waals surface area (Å²) in [7, 11) is 0. The lowest BCUT2D eigenvalue weighted by atomic mass is 9.84. The van der Waals surface area contributed by atoms with E-state index in [0.29, 0.717) is 24.4 Å². The first-order valence-electron chi connectivity index (χ1n) is 8.34. The Morgan fingerprint density at radius 3 is 2.74 bits per heavy atom. The number of nitrogens with one attached hydrogen (secondary N) is 1. The number of halogens is 1. The number of anilines is 1. The van der Waals surface area contributed by atoms with Gasteiger partial charge in [0.1, 0.15) is 5.75 Å². The van der Waals surface area contributed by atoms with Crippen molar-refractivity contribution in [2.75, 3.05) is 11.9 Å². The molecule has 4 unspecified atom stereocenters. The summed E-state index contributed by atoms with van der Waals surface area (Å²) in [5.41, 5.74) is 7.04. The molecule has 4 atom stereocenters. The molecule has 0 saturated heterocycles. The summed E-state index contributed by atoms with van der Waals surface area (Å²) < 4.78 is 5.71. The van der Waals surface area contributed by atoms with Gasteiger partial charge in [-0.05, 0) is 49.1 Å². The highest BCUT2D eigenvalue weighted by atomic mass is 35.5. The van der Waals surface area contributed by atoms with Gasteiger partial charge in [0.15, 0.2) is 0 Å². The van der Waals surface area contributed by atoms with Crippen LogP contribution in [-0.2, 0) is 4.79 Å². The summed E-state index contributed by atoms with van der Waals surface area (Å²) in [5, 5.41) is 3.03. The first-order chi connectivity index (χ1) is 10.5. The number of carbonyl (C=O) groups is 1. The third kappa shape index (κ3) is 3.99. The van der Waals surface area contributed by atoms with Crippen molar-refractivity contribution in [2.24, 2.45) is 29.4 Å². The summed E-state index contributed by atoms with van der Waals surface area (Å²) in [6.07, 6.45) is 3.46. The van der Waals surface area contributed by atoms with Crippen molar-refractivity contribution in [2.45, 2.75) is 39.2 Å². The molecule has 2 aliphatic rings. The number of rotatable bonds is 5. The second kappa shape index (κ2) is 7.54. The van der Waals surface area contributed by atoms with E-state index in [1.54, 1.807) is 0 Å². The molecule has 5 heteroatoms. The molecule has 2 aliphatic carbocycles. The van der Waals surface area contributed by atoms with Crippen molar-refractivity contribution in [1.29, 1.82) is 0 Å². The third-order valence-corrected chi connectivity index (χ3v) is 4.97. The van der Waals surface area contributed by atoms with Crippen LogP contribution in [0.3, 0.4) is 0 Å². The summed E-state index contributed by atoms with van der Waals surface area (Å²) in [6.45, 7) is 4.90. The SMILES string of the molecule is CC(C)COc1cccc(NC(=O)C2C3CCC(C3)C2N)c1.Cl. The van der Waals surface area contributed by atoms with Crippen molar-refractivity contribution in [1.82, 2.24) is 0 Å². The topological polar surface area (TPSA) is 64.3 Å². The summed E-state index contributed by atoms with van der Waals surface area (Å²) in [6, 6.07) is 7.64. The van der Waals surface area contributed by atoms with Gasteiger partial charge in [-0.1, -0.05) is 19.9 Å².